The Morgan fingerprint density at radius 2 is 1.25 bits per heavy atom. The first-order valence-electron chi connectivity index (χ1n) is 7.34. The van der Waals surface area contributed by atoms with Gasteiger partial charge in [-0.05, 0) is 0 Å². The first-order valence-corrected chi connectivity index (χ1v) is 9.44. The Bertz CT molecular complexity index is 519. The normalized spacial score (nSPS) is 26.3. The lowest BCUT2D eigenvalue weighted by Gasteiger charge is -2.32. The molecule has 2 N–H and O–H groups in total. The Labute approximate surface area is 147 Å². The molecule has 2 amide bonds. The van der Waals surface area contributed by atoms with Crippen molar-refractivity contribution in [1.29, 1.82) is 0 Å². The third kappa shape index (κ3) is 4.91. The minimum atomic E-state index is -1.26. The third-order valence-corrected chi connectivity index (χ3v) is 6.14. The second kappa shape index (κ2) is 8.43. The van der Waals surface area contributed by atoms with Gasteiger partial charge in [0.1, 0.15) is 0 Å². The van der Waals surface area contributed by atoms with E-state index < -0.39 is 11.9 Å². The number of hydrogen-bond donors (Lipinski definition) is 2. The molecule has 0 radical (unpaired) electrons. The number of fused-ring (bicyclic) bond motifs is 2. The summed E-state index contributed by atoms with van der Waals surface area (Å²) in [6, 6.07) is 0. The minimum Gasteiger partial charge on any atom is -0.478 e. The van der Waals surface area contributed by atoms with Gasteiger partial charge in [-0.15, -0.1) is 23.5 Å². The molecule has 4 rings (SSSR count). The Balaban J connectivity index is 0.000000130. The van der Waals surface area contributed by atoms with Crippen LogP contribution in [0.3, 0.4) is 0 Å². The summed E-state index contributed by atoms with van der Waals surface area (Å²) in [6.45, 7) is 1.99. The molecule has 24 heavy (non-hydrogen) atoms. The summed E-state index contributed by atoms with van der Waals surface area (Å²) in [5, 5.41) is 16.8. The second-order valence-corrected chi connectivity index (χ2v) is 7.81. The maximum atomic E-state index is 10.6. The van der Waals surface area contributed by atoms with E-state index in [-0.39, 0.29) is 0 Å². The summed E-state index contributed by atoms with van der Waals surface area (Å²) in [4.78, 5) is 44.3. The Kier molecular flexibility index (Phi) is 6.55. The van der Waals surface area contributed by atoms with Crippen molar-refractivity contribution in [3.63, 3.8) is 0 Å². The van der Waals surface area contributed by atoms with Gasteiger partial charge in [-0.1, -0.05) is 0 Å². The number of carbonyl (C=O) groups is 4. The highest BCUT2D eigenvalue weighted by molar-refractivity contribution is 8.00. The van der Waals surface area contributed by atoms with Gasteiger partial charge >= 0.3 is 11.9 Å². The van der Waals surface area contributed by atoms with Crippen LogP contribution in [-0.4, -0.2) is 79.1 Å². The Hall–Kier alpha value is -1.68. The van der Waals surface area contributed by atoms with Crippen LogP contribution < -0.4 is 0 Å². The molecule has 0 bridgehead atoms. The van der Waals surface area contributed by atoms with Crippen LogP contribution in [0.5, 0.6) is 0 Å². The van der Waals surface area contributed by atoms with Crippen molar-refractivity contribution in [3.05, 3.63) is 12.2 Å². The number of carbonyl (C=O) groups excluding carboxylic acids is 2. The van der Waals surface area contributed by atoms with E-state index in [2.05, 4.69) is 0 Å². The summed E-state index contributed by atoms with van der Waals surface area (Å²) in [5.41, 5.74) is 0. The van der Waals surface area contributed by atoms with Crippen LogP contribution in [0, 0.1) is 0 Å². The SMILES string of the molecule is O=C(O)/C=C/C(=O)O.O=C1C[C@H]2SCCN12.O=C1C[C@H]2SCCN12. The lowest BCUT2D eigenvalue weighted by atomic mass is 10.2. The van der Waals surface area contributed by atoms with Gasteiger partial charge in [-0.25, -0.2) is 9.59 Å². The highest BCUT2D eigenvalue weighted by Crippen LogP contribution is 2.35. The van der Waals surface area contributed by atoms with E-state index in [1.165, 1.54) is 0 Å². The van der Waals surface area contributed by atoms with Crippen molar-refractivity contribution < 1.29 is 29.4 Å². The van der Waals surface area contributed by atoms with Crippen LogP contribution in [0.2, 0.25) is 0 Å². The van der Waals surface area contributed by atoms with Crippen LogP contribution >= 0.6 is 23.5 Å². The molecule has 132 valence electrons. The summed E-state index contributed by atoms with van der Waals surface area (Å²) >= 11 is 3.80. The first-order chi connectivity index (χ1) is 11.4. The standard InChI is InChI=1S/2C5H7NOS.C4H4O4/c2*7-4-3-5-6(4)1-2-8-5;5-3(6)1-2-4(7)8/h2*5H,1-3H2;1-2H,(H,5,6)(H,7,8)/b;;2-1+/t2*5-;/m11./s1. The van der Waals surface area contributed by atoms with Gasteiger partial charge in [0.25, 0.3) is 0 Å². The number of thioether (sulfide) groups is 2. The summed E-state index contributed by atoms with van der Waals surface area (Å²) in [7, 11) is 0. The van der Waals surface area contributed by atoms with E-state index in [0.717, 1.165) is 37.4 Å². The monoisotopic (exact) mass is 374 g/mol. The smallest absolute Gasteiger partial charge is 0.328 e. The van der Waals surface area contributed by atoms with E-state index in [1.54, 1.807) is 0 Å². The number of β-lactam (4-membered cyclic amide) rings is 2. The van der Waals surface area contributed by atoms with Crippen LogP contribution in [0.4, 0.5) is 0 Å². The fourth-order valence-electron chi connectivity index (χ4n) is 2.40. The van der Waals surface area contributed by atoms with E-state index in [4.69, 9.17) is 10.2 Å². The van der Waals surface area contributed by atoms with Crippen molar-refractivity contribution in [1.82, 2.24) is 9.80 Å². The van der Waals surface area contributed by atoms with Crippen LogP contribution in [0.1, 0.15) is 12.8 Å². The highest BCUT2D eigenvalue weighted by Gasteiger charge is 2.40. The molecule has 2 atom stereocenters. The third-order valence-electron chi connectivity index (χ3n) is 3.69. The molecule has 0 aromatic heterocycles. The van der Waals surface area contributed by atoms with Crippen molar-refractivity contribution in [2.45, 2.75) is 23.6 Å². The lowest BCUT2D eigenvalue weighted by Crippen LogP contribution is -2.46. The van der Waals surface area contributed by atoms with Gasteiger partial charge in [-0.3, -0.25) is 9.59 Å². The molecule has 0 aromatic carbocycles. The minimum absolute atomic E-state index is 0.347. The number of nitrogens with zero attached hydrogens (tertiary/aromatic N) is 2. The second-order valence-electron chi connectivity index (χ2n) is 5.24. The van der Waals surface area contributed by atoms with Crippen molar-refractivity contribution in [2.75, 3.05) is 24.6 Å². The molecule has 8 nitrogen and oxygen atoms in total. The Morgan fingerprint density at radius 3 is 1.46 bits per heavy atom. The van der Waals surface area contributed by atoms with Crippen LogP contribution in [0.25, 0.3) is 0 Å². The number of carboxylic acids is 2. The molecule has 4 heterocycles. The van der Waals surface area contributed by atoms with Crippen molar-refractivity contribution in [3.8, 4) is 0 Å². The topological polar surface area (TPSA) is 115 Å². The predicted molar refractivity (Wildman–Crippen MR) is 89.6 cm³/mol. The quantitative estimate of drug-likeness (QED) is 0.524. The molecular weight excluding hydrogens is 356 g/mol. The molecular formula is C14H18N2O6S2. The highest BCUT2D eigenvalue weighted by atomic mass is 32.2. The van der Waals surface area contributed by atoms with Crippen LogP contribution in [-0.2, 0) is 19.2 Å². The largest absolute Gasteiger partial charge is 0.478 e. The molecule has 0 unspecified atom stereocenters. The molecule has 4 saturated heterocycles. The van der Waals surface area contributed by atoms with Gasteiger partial charge in [0.05, 0.1) is 23.6 Å². The summed E-state index contributed by atoms with van der Waals surface area (Å²) < 4.78 is 0. The van der Waals surface area contributed by atoms with Gasteiger partial charge in [0, 0.05) is 36.7 Å². The molecule has 10 heteroatoms. The molecule has 4 aliphatic heterocycles. The lowest BCUT2D eigenvalue weighted by molar-refractivity contribution is -0.141. The van der Waals surface area contributed by atoms with Crippen LogP contribution in [0.15, 0.2) is 12.2 Å². The van der Waals surface area contributed by atoms with Gasteiger partial charge in [0.2, 0.25) is 11.8 Å². The average molecular weight is 374 g/mol. The fraction of sp³-hybridized carbons (Fsp3) is 0.571. The fourth-order valence-corrected chi connectivity index (χ4v) is 4.88. The number of carboxylic acid groups (broad SMARTS) is 2. The van der Waals surface area contributed by atoms with Crippen molar-refractivity contribution in [2.24, 2.45) is 0 Å². The number of rotatable bonds is 2. The van der Waals surface area contributed by atoms with E-state index in [9.17, 15) is 19.2 Å². The molecule has 0 aliphatic carbocycles. The number of aliphatic carboxylic acids is 2. The van der Waals surface area contributed by atoms with E-state index >= 15 is 0 Å². The van der Waals surface area contributed by atoms with E-state index in [1.807, 2.05) is 33.3 Å². The molecule has 4 aliphatic rings. The number of hydrogen-bond acceptors (Lipinski definition) is 6. The molecule has 4 fully saturated rings. The maximum absolute atomic E-state index is 10.6. The zero-order valence-electron chi connectivity index (χ0n) is 12.8. The summed E-state index contributed by atoms with van der Waals surface area (Å²) in [6.07, 6.45) is 2.71. The maximum Gasteiger partial charge on any atom is 0.328 e. The number of amides is 2. The zero-order valence-corrected chi connectivity index (χ0v) is 14.4. The van der Waals surface area contributed by atoms with Gasteiger partial charge < -0.3 is 20.0 Å². The van der Waals surface area contributed by atoms with Gasteiger partial charge in [0.15, 0.2) is 0 Å². The predicted octanol–water partition coefficient (Wildman–Crippen LogP) is 0.295. The summed E-state index contributed by atoms with van der Waals surface area (Å²) in [5.74, 6) is 0.479. The first kappa shape index (κ1) is 18.7. The van der Waals surface area contributed by atoms with Crippen molar-refractivity contribution >= 4 is 47.3 Å². The molecule has 0 aromatic rings. The van der Waals surface area contributed by atoms with E-state index in [0.29, 0.717) is 34.7 Å². The Morgan fingerprint density at radius 1 is 0.875 bits per heavy atom. The van der Waals surface area contributed by atoms with Gasteiger partial charge in [-0.2, -0.15) is 0 Å². The zero-order chi connectivity index (χ0) is 17.7. The average Bonchev–Trinajstić information content (AvgIpc) is 3.08. The molecule has 0 saturated carbocycles. The molecule has 0 spiro atoms.